The van der Waals surface area contributed by atoms with Crippen molar-refractivity contribution >= 4 is 27.6 Å². The Bertz CT molecular complexity index is 987. The molecule has 0 spiro atoms. The summed E-state index contributed by atoms with van der Waals surface area (Å²) in [5.41, 5.74) is 4.49. The number of anilines is 1. The van der Waals surface area contributed by atoms with Crippen LogP contribution < -0.4 is 4.90 Å². The van der Waals surface area contributed by atoms with Gasteiger partial charge in [0.15, 0.2) is 5.65 Å². The molecule has 5 nitrogen and oxygen atoms in total. The maximum Gasteiger partial charge on any atom is 0.159 e. The molecule has 1 atom stereocenters. The molecule has 1 saturated carbocycles. The van der Waals surface area contributed by atoms with Gasteiger partial charge in [-0.2, -0.15) is 0 Å². The molecule has 1 unspecified atom stereocenters. The van der Waals surface area contributed by atoms with Gasteiger partial charge in [-0.25, -0.2) is 9.97 Å². The minimum absolute atomic E-state index is 0.527. The summed E-state index contributed by atoms with van der Waals surface area (Å²) in [5, 5.41) is 2.37. The summed E-state index contributed by atoms with van der Waals surface area (Å²) < 4.78 is 0. The first-order chi connectivity index (χ1) is 13.2. The van der Waals surface area contributed by atoms with E-state index in [2.05, 4.69) is 50.5 Å². The van der Waals surface area contributed by atoms with Crippen molar-refractivity contribution < 1.29 is 0 Å². The molecule has 0 radical (unpaired) electrons. The summed E-state index contributed by atoms with van der Waals surface area (Å²) in [6.07, 6.45) is 12.2. The first-order valence-electron chi connectivity index (χ1n) is 10.1. The Kier molecular flexibility index (Phi) is 4.03. The van der Waals surface area contributed by atoms with E-state index in [1.807, 2.05) is 18.6 Å². The molecule has 2 aliphatic rings. The van der Waals surface area contributed by atoms with Gasteiger partial charge in [0.1, 0.15) is 0 Å². The monoisotopic (exact) mass is 361 g/mol. The Labute approximate surface area is 160 Å². The molecule has 1 aliphatic heterocycles. The second kappa shape index (κ2) is 6.55. The van der Waals surface area contributed by atoms with Crippen molar-refractivity contribution in [2.45, 2.75) is 38.1 Å². The van der Waals surface area contributed by atoms with Crippen LogP contribution in [0, 0.1) is 5.92 Å². The fourth-order valence-corrected chi connectivity index (χ4v) is 4.45. The lowest BCUT2D eigenvalue weighted by Gasteiger charge is -2.41. The zero-order valence-corrected chi connectivity index (χ0v) is 16.0. The van der Waals surface area contributed by atoms with Crippen LogP contribution in [-0.4, -0.2) is 46.0 Å². The summed E-state index contributed by atoms with van der Waals surface area (Å²) in [4.78, 5) is 17.2. The summed E-state index contributed by atoms with van der Waals surface area (Å²) in [6.45, 7) is 6.51. The topological polar surface area (TPSA) is 48.0 Å². The molecule has 0 bridgehead atoms. The van der Waals surface area contributed by atoms with E-state index in [-0.39, 0.29) is 0 Å². The van der Waals surface area contributed by atoms with Crippen LogP contribution >= 0.6 is 0 Å². The van der Waals surface area contributed by atoms with Gasteiger partial charge in [0, 0.05) is 60.7 Å². The van der Waals surface area contributed by atoms with Crippen molar-refractivity contribution in [2.24, 2.45) is 5.92 Å². The van der Waals surface area contributed by atoms with Crippen LogP contribution in [0.2, 0.25) is 0 Å². The Morgan fingerprint density at radius 1 is 1.30 bits per heavy atom. The van der Waals surface area contributed by atoms with E-state index >= 15 is 0 Å². The normalized spacial score (nSPS) is 20.3. The highest BCUT2D eigenvalue weighted by Gasteiger charge is 2.28. The van der Waals surface area contributed by atoms with E-state index in [1.165, 1.54) is 48.9 Å². The van der Waals surface area contributed by atoms with Crippen molar-refractivity contribution in [2.75, 3.05) is 25.0 Å². The second-order valence-electron chi connectivity index (χ2n) is 8.16. The van der Waals surface area contributed by atoms with E-state index in [9.17, 15) is 0 Å². The molecule has 27 heavy (non-hydrogen) atoms. The Balaban J connectivity index is 1.45. The van der Waals surface area contributed by atoms with E-state index in [0.29, 0.717) is 6.04 Å². The van der Waals surface area contributed by atoms with Gasteiger partial charge < -0.3 is 14.8 Å². The SMILES string of the molecule is C=C(CC1CC1)N(C)C1CCCN(c2cc[nH]c3cnc4nccc4c23)C1. The standard InChI is InChI=1S/C22H27N5/c1-15(12-16-5-6-16)26(2)17-4-3-11-27(14-17)20-8-10-23-19-13-25-22-18(21(19)20)7-9-24-22/h7-10,13,16-17,23H,1,3-6,11-12,14H2,2H3. The zero-order chi connectivity index (χ0) is 18.4. The maximum absolute atomic E-state index is 4.47. The number of hydrogen-bond donors (Lipinski definition) is 1. The van der Waals surface area contributed by atoms with E-state index in [4.69, 9.17) is 0 Å². The average molecular weight is 361 g/mol. The number of rotatable bonds is 5. The summed E-state index contributed by atoms with van der Waals surface area (Å²) in [7, 11) is 2.24. The lowest BCUT2D eigenvalue weighted by atomic mass is 10.0. The van der Waals surface area contributed by atoms with Crippen LogP contribution in [0.4, 0.5) is 5.69 Å². The van der Waals surface area contributed by atoms with Crippen LogP contribution in [0.25, 0.3) is 21.9 Å². The van der Waals surface area contributed by atoms with Crippen molar-refractivity contribution in [3.05, 3.63) is 43.0 Å². The number of aromatic amines is 1. The Morgan fingerprint density at radius 2 is 2.19 bits per heavy atom. The molecule has 1 N–H and O–H groups in total. The van der Waals surface area contributed by atoms with Gasteiger partial charge in [-0.1, -0.05) is 6.58 Å². The molecular formula is C22H27N5. The smallest absolute Gasteiger partial charge is 0.159 e. The number of nitrogens with zero attached hydrogens (tertiary/aromatic N) is 4. The van der Waals surface area contributed by atoms with Gasteiger partial charge in [0.2, 0.25) is 0 Å². The van der Waals surface area contributed by atoms with Crippen molar-refractivity contribution in [1.82, 2.24) is 19.9 Å². The predicted octanol–water partition coefficient (Wildman–Crippen LogP) is 4.33. The zero-order valence-electron chi connectivity index (χ0n) is 16.0. The largest absolute Gasteiger partial charge is 0.374 e. The molecule has 4 heterocycles. The Hall–Kier alpha value is -2.56. The summed E-state index contributed by atoms with van der Waals surface area (Å²) in [6, 6.07) is 4.81. The van der Waals surface area contributed by atoms with Crippen molar-refractivity contribution in [3.8, 4) is 0 Å². The van der Waals surface area contributed by atoms with E-state index in [1.54, 1.807) is 0 Å². The number of pyridine rings is 2. The van der Waals surface area contributed by atoms with Crippen LogP contribution in [-0.2, 0) is 0 Å². The van der Waals surface area contributed by atoms with Crippen molar-refractivity contribution in [3.63, 3.8) is 0 Å². The first-order valence-corrected chi connectivity index (χ1v) is 10.1. The van der Waals surface area contributed by atoms with Gasteiger partial charge in [-0.15, -0.1) is 0 Å². The molecule has 1 saturated heterocycles. The number of fused-ring (bicyclic) bond motifs is 3. The van der Waals surface area contributed by atoms with E-state index in [0.717, 1.165) is 35.6 Å². The third-order valence-corrected chi connectivity index (χ3v) is 6.27. The molecule has 3 aromatic rings. The Morgan fingerprint density at radius 3 is 3.04 bits per heavy atom. The molecular weight excluding hydrogens is 334 g/mol. The third-order valence-electron chi connectivity index (χ3n) is 6.27. The van der Waals surface area contributed by atoms with Crippen LogP contribution in [0.5, 0.6) is 0 Å². The molecule has 3 aromatic heterocycles. The van der Waals surface area contributed by atoms with Gasteiger partial charge >= 0.3 is 0 Å². The highest BCUT2D eigenvalue weighted by atomic mass is 15.2. The number of piperidine rings is 1. The number of H-pyrrole nitrogens is 1. The second-order valence-corrected chi connectivity index (χ2v) is 8.16. The maximum atomic E-state index is 4.47. The molecule has 2 fully saturated rings. The number of nitrogens with one attached hydrogen (secondary N) is 1. The van der Waals surface area contributed by atoms with Crippen molar-refractivity contribution in [1.29, 1.82) is 0 Å². The molecule has 5 rings (SSSR count). The molecule has 1 aliphatic carbocycles. The highest BCUT2D eigenvalue weighted by molar-refractivity contribution is 6.09. The van der Waals surface area contributed by atoms with Gasteiger partial charge in [0.05, 0.1) is 11.7 Å². The molecule has 0 amide bonds. The third kappa shape index (κ3) is 3.05. The lowest BCUT2D eigenvalue weighted by Crippen LogP contribution is -2.46. The molecule has 0 aromatic carbocycles. The van der Waals surface area contributed by atoms with Crippen LogP contribution in [0.1, 0.15) is 32.1 Å². The van der Waals surface area contributed by atoms with Gasteiger partial charge in [-0.3, -0.25) is 0 Å². The van der Waals surface area contributed by atoms with Gasteiger partial charge in [-0.05, 0) is 50.2 Å². The van der Waals surface area contributed by atoms with Crippen LogP contribution in [0.3, 0.4) is 0 Å². The number of hydrogen-bond acceptors (Lipinski definition) is 4. The number of allylic oxidation sites excluding steroid dienone is 1. The minimum atomic E-state index is 0.527. The van der Waals surface area contributed by atoms with Gasteiger partial charge in [0.25, 0.3) is 0 Å². The number of aromatic nitrogens is 3. The molecule has 140 valence electrons. The molecule has 5 heteroatoms. The highest BCUT2D eigenvalue weighted by Crippen LogP contribution is 2.37. The quantitative estimate of drug-likeness (QED) is 0.735. The van der Waals surface area contributed by atoms with E-state index < -0.39 is 0 Å². The number of likely N-dealkylation sites (N-methyl/N-ethyl adjacent to an activating group) is 1. The summed E-state index contributed by atoms with van der Waals surface area (Å²) in [5.74, 6) is 0.888. The first kappa shape index (κ1) is 16.6. The average Bonchev–Trinajstić information content (AvgIpc) is 3.38. The fourth-order valence-electron chi connectivity index (χ4n) is 4.45. The lowest BCUT2D eigenvalue weighted by molar-refractivity contribution is 0.257. The fraction of sp³-hybridized carbons (Fsp3) is 0.455. The summed E-state index contributed by atoms with van der Waals surface area (Å²) >= 11 is 0. The van der Waals surface area contributed by atoms with Crippen LogP contribution in [0.15, 0.2) is 43.0 Å². The predicted molar refractivity (Wildman–Crippen MR) is 111 cm³/mol. The minimum Gasteiger partial charge on any atom is -0.374 e.